The average Bonchev–Trinajstić information content (AvgIpc) is 2.72. The number of esters is 1. The number of hydrogen-bond acceptors (Lipinski definition) is 4. The zero-order valence-electron chi connectivity index (χ0n) is 15.0. The van der Waals surface area contributed by atoms with E-state index < -0.39 is 0 Å². The van der Waals surface area contributed by atoms with Crippen molar-refractivity contribution in [3.05, 3.63) is 71.3 Å². The summed E-state index contributed by atoms with van der Waals surface area (Å²) in [4.78, 5) is 18.8. The highest BCUT2D eigenvalue weighted by Crippen LogP contribution is 2.12. The molecule has 5 nitrogen and oxygen atoms in total. The molecule has 7 heteroatoms. The van der Waals surface area contributed by atoms with Gasteiger partial charge in [-0.25, -0.2) is 9.79 Å². The lowest BCUT2D eigenvalue weighted by molar-refractivity contribution is 0.0472. The largest absolute Gasteiger partial charge is 0.457 e. The van der Waals surface area contributed by atoms with Crippen molar-refractivity contribution in [1.82, 2.24) is 4.90 Å². The lowest BCUT2D eigenvalue weighted by Gasteiger charge is -2.27. The quantitative estimate of drug-likeness (QED) is 0.297. The van der Waals surface area contributed by atoms with Gasteiger partial charge in [0, 0.05) is 24.6 Å². The molecule has 1 heterocycles. The summed E-state index contributed by atoms with van der Waals surface area (Å²) in [5.74, 6) is 2.40. The Bertz CT molecular complexity index is 765. The second-order valence-corrected chi connectivity index (χ2v) is 7.26. The Morgan fingerprint density at radius 2 is 1.78 bits per heavy atom. The average molecular weight is 497 g/mol. The molecule has 0 atom stereocenters. The van der Waals surface area contributed by atoms with E-state index in [1.54, 1.807) is 6.07 Å². The van der Waals surface area contributed by atoms with Gasteiger partial charge in [-0.2, -0.15) is 11.8 Å². The Balaban J connectivity index is 0.00000261. The van der Waals surface area contributed by atoms with Crippen molar-refractivity contribution in [1.29, 1.82) is 0 Å². The third-order valence-corrected chi connectivity index (χ3v) is 5.08. The van der Waals surface area contributed by atoms with Gasteiger partial charge >= 0.3 is 5.97 Å². The monoisotopic (exact) mass is 497 g/mol. The maximum atomic E-state index is 12.3. The van der Waals surface area contributed by atoms with E-state index in [1.165, 1.54) is 0 Å². The molecule has 0 aliphatic carbocycles. The van der Waals surface area contributed by atoms with Crippen LogP contribution in [0.3, 0.4) is 0 Å². The summed E-state index contributed by atoms with van der Waals surface area (Å²) >= 11 is 1.94. The fourth-order valence-corrected chi connectivity index (χ4v) is 3.57. The standard InChI is InChI=1S/C20H23N3O2S.HI/c21-20(23-9-11-26-12-10-23)22-14-17-7-4-8-18(13-17)19(24)25-15-16-5-2-1-3-6-16;/h1-8,13H,9-12,14-15H2,(H2,21,22);1H. The molecule has 27 heavy (non-hydrogen) atoms. The maximum absolute atomic E-state index is 12.3. The van der Waals surface area contributed by atoms with E-state index in [0.717, 1.165) is 35.7 Å². The van der Waals surface area contributed by atoms with E-state index in [0.29, 0.717) is 18.1 Å². The van der Waals surface area contributed by atoms with Gasteiger partial charge in [0.25, 0.3) is 0 Å². The van der Waals surface area contributed by atoms with Crippen LogP contribution in [0.1, 0.15) is 21.5 Å². The van der Waals surface area contributed by atoms with Crippen LogP contribution < -0.4 is 5.73 Å². The number of hydrogen-bond donors (Lipinski definition) is 1. The van der Waals surface area contributed by atoms with E-state index in [2.05, 4.69) is 9.89 Å². The normalized spacial score (nSPS) is 14.4. The van der Waals surface area contributed by atoms with Crippen LogP contribution in [0.2, 0.25) is 0 Å². The fourth-order valence-electron chi connectivity index (χ4n) is 2.67. The van der Waals surface area contributed by atoms with E-state index in [-0.39, 0.29) is 36.6 Å². The second-order valence-electron chi connectivity index (χ2n) is 6.04. The van der Waals surface area contributed by atoms with Crippen LogP contribution in [0.4, 0.5) is 0 Å². The van der Waals surface area contributed by atoms with Crippen molar-refractivity contribution >= 4 is 47.7 Å². The minimum atomic E-state index is -0.333. The van der Waals surface area contributed by atoms with E-state index >= 15 is 0 Å². The van der Waals surface area contributed by atoms with Gasteiger partial charge in [0.1, 0.15) is 6.61 Å². The minimum absolute atomic E-state index is 0. The third kappa shape index (κ3) is 6.73. The number of carbonyl (C=O) groups excluding carboxylic acids is 1. The predicted molar refractivity (Wildman–Crippen MR) is 122 cm³/mol. The van der Waals surface area contributed by atoms with Crippen molar-refractivity contribution in [2.75, 3.05) is 24.6 Å². The Kier molecular flexibility index (Phi) is 8.93. The Labute approximate surface area is 181 Å². The third-order valence-electron chi connectivity index (χ3n) is 4.13. The Morgan fingerprint density at radius 1 is 1.07 bits per heavy atom. The number of benzene rings is 2. The van der Waals surface area contributed by atoms with Crippen LogP contribution >= 0.6 is 35.7 Å². The van der Waals surface area contributed by atoms with Crippen LogP contribution in [0.15, 0.2) is 59.6 Å². The summed E-state index contributed by atoms with van der Waals surface area (Å²) in [5.41, 5.74) is 8.52. The number of guanidine groups is 1. The molecule has 0 saturated carbocycles. The first-order valence-electron chi connectivity index (χ1n) is 8.65. The number of nitrogens with zero attached hydrogens (tertiary/aromatic N) is 2. The lowest BCUT2D eigenvalue weighted by atomic mass is 10.1. The molecular formula is C20H24IN3O2S. The number of ether oxygens (including phenoxy) is 1. The summed E-state index contributed by atoms with van der Waals surface area (Å²) in [6, 6.07) is 17.0. The van der Waals surface area contributed by atoms with Crippen LogP contribution in [0.5, 0.6) is 0 Å². The summed E-state index contributed by atoms with van der Waals surface area (Å²) in [6.45, 7) is 2.59. The van der Waals surface area contributed by atoms with Crippen molar-refractivity contribution in [3.63, 3.8) is 0 Å². The van der Waals surface area contributed by atoms with Gasteiger partial charge in [0.15, 0.2) is 5.96 Å². The molecule has 2 aromatic carbocycles. The Hall–Kier alpha value is -1.74. The molecule has 0 aromatic heterocycles. The number of thioether (sulfide) groups is 1. The molecule has 3 rings (SSSR count). The molecule has 2 aromatic rings. The topological polar surface area (TPSA) is 67.9 Å². The zero-order valence-corrected chi connectivity index (χ0v) is 18.2. The number of aliphatic imine (C=N–C) groups is 1. The first kappa shape index (κ1) is 21.6. The van der Waals surface area contributed by atoms with Crippen molar-refractivity contribution in [2.24, 2.45) is 10.7 Å². The molecule has 1 aliphatic heterocycles. The summed E-state index contributed by atoms with van der Waals surface area (Å²) in [5, 5.41) is 0. The molecule has 0 spiro atoms. The molecular weight excluding hydrogens is 473 g/mol. The van der Waals surface area contributed by atoms with Gasteiger partial charge in [-0.3, -0.25) is 0 Å². The predicted octanol–water partition coefficient (Wildman–Crippen LogP) is 3.53. The Morgan fingerprint density at radius 3 is 2.52 bits per heavy atom. The molecule has 1 fully saturated rings. The molecule has 0 radical (unpaired) electrons. The SMILES string of the molecule is I.NC(=NCc1cccc(C(=O)OCc2ccccc2)c1)N1CCSCC1. The smallest absolute Gasteiger partial charge is 0.338 e. The highest BCUT2D eigenvalue weighted by atomic mass is 127. The van der Waals surface area contributed by atoms with Gasteiger partial charge in [-0.15, -0.1) is 24.0 Å². The molecule has 2 N–H and O–H groups in total. The van der Waals surface area contributed by atoms with E-state index in [1.807, 2.05) is 60.3 Å². The highest BCUT2D eigenvalue weighted by Gasteiger charge is 2.12. The highest BCUT2D eigenvalue weighted by molar-refractivity contribution is 14.0. The fraction of sp³-hybridized carbons (Fsp3) is 0.300. The molecule has 0 bridgehead atoms. The zero-order chi connectivity index (χ0) is 18.2. The van der Waals surface area contributed by atoms with Crippen LogP contribution in [0.25, 0.3) is 0 Å². The van der Waals surface area contributed by atoms with Gasteiger partial charge in [-0.05, 0) is 23.3 Å². The van der Waals surface area contributed by atoms with Crippen molar-refractivity contribution < 1.29 is 9.53 Å². The van der Waals surface area contributed by atoms with E-state index in [4.69, 9.17) is 10.5 Å². The maximum Gasteiger partial charge on any atom is 0.338 e. The number of halogens is 1. The summed E-state index contributed by atoms with van der Waals surface area (Å²) in [7, 11) is 0. The van der Waals surface area contributed by atoms with Gasteiger partial charge < -0.3 is 15.4 Å². The van der Waals surface area contributed by atoms with Gasteiger partial charge in [-0.1, -0.05) is 42.5 Å². The first-order valence-corrected chi connectivity index (χ1v) is 9.80. The van der Waals surface area contributed by atoms with E-state index in [9.17, 15) is 4.79 Å². The van der Waals surface area contributed by atoms with Crippen molar-refractivity contribution in [3.8, 4) is 0 Å². The molecule has 1 saturated heterocycles. The molecule has 1 aliphatic rings. The van der Waals surface area contributed by atoms with Crippen LogP contribution in [-0.4, -0.2) is 41.4 Å². The molecule has 0 unspecified atom stereocenters. The number of carbonyl (C=O) groups is 1. The molecule has 0 amide bonds. The van der Waals surface area contributed by atoms with Crippen molar-refractivity contribution in [2.45, 2.75) is 13.2 Å². The van der Waals surface area contributed by atoms with Gasteiger partial charge in [0.05, 0.1) is 12.1 Å². The van der Waals surface area contributed by atoms with Crippen LogP contribution in [-0.2, 0) is 17.9 Å². The number of nitrogens with two attached hydrogens (primary N) is 1. The van der Waals surface area contributed by atoms with Crippen LogP contribution in [0, 0.1) is 0 Å². The summed E-state index contributed by atoms with van der Waals surface area (Å²) < 4.78 is 5.38. The minimum Gasteiger partial charge on any atom is -0.457 e. The first-order chi connectivity index (χ1) is 12.7. The number of rotatable bonds is 5. The molecule has 144 valence electrons. The second kappa shape index (κ2) is 11.2. The lowest BCUT2D eigenvalue weighted by Crippen LogP contribution is -2.42. The summed E-state index contributed by atoms with van der Waals surface area (Å²) in [6.07, 6.45) is 0. The van der Waals surface area contributed by atoms with Gasteiger partial charge in [0.2, 0.25) is 0 Å².